The number of rotatable bonds is 12. The third kappa shape index (κ3) is 7.19. The Morgan fingerprint density at radius 1 is 1.16 bits per heavy atom. The number of fused-ring (bicyclic) bond motifs is 1. The number of imide groups is 1. The van der Waals surface area contributed by atoms with Crippen LogP contribution in [0, 0.1) is 11.7 Å². The molecule has 2 aliphatic rings. The van der Waals surface area contributed by atoms with Crippen molar-refractivity contribution in [1.82, 2.24) is 20.5 Å². The van der Waals surface area contributed by atoms with Crippen molar-refractivity contribution in [3.63, 3.8) is 0 Å². The third-order valence-corrected chi connectivity index (χ3v) is 8.44. The predicted octanol–water partition coefficient (Wildman–Crippen LogP) is 4.30. The van der Waals surface area contributed by atoms with Crippen molar-refractivity contribution in [2.45, 2.75) is 51.7 Å². The lowest BCUT2D eigenvalue weighted by Crippen LogP contribution is -2.38. The highest BCUT2D eigenvalue weighted by molar-refractivity contribution is 5.98. The number of carbonyl (C=O) groups excluding carboxylic acids is 3. The number of halogens is 1. The Balaban J connectivity index is 1.08. The number of methoxy groups -OCH3 is 1. The van der Waals surface area contributed by atoms with Crippen molar-refractivity contribution in [1.29, 1.82) is 0 Å². The maximum Gasteiger partial charge on any atom is 0.254 e. The Morgan fingerprint density at radius 3 is 2.72 bits per heavy atom. The van der Waals surface area contributed by atoms with Crippen molar-refractivity contribution in [3.05, 3.63) is 77.2 Å². The van der Waals surface area contributed by atoms with Crippen LogP contribution in [0.4, 0.5) is 10.2 Å². The van der Waals surface area contributed by atoms with Gasteiger partial charge in [-0.25, -0.2) is 9.37 Å². The largest absolute Gasteiger partial charge is 0.497 e. The summed E-state index contributed by atoms with van der Waals surface area (Å²) in [6.45, 7) is 5.50. The molecule has 43 heavy (non-hydrogen) atoms. The highest BCUT2D eigenvalue weighted by Crippen LogP contribution is 2.30. The molecule has 0 saturated carbocycles. The fourth-order valence-corrected chi connectivity index (χ4v) is 5.89. The number of carbonyl (C=O) groups is 3. The van der Waals surface area contributed by atoms with Crippen molar-refractivity contribution in [2.24, 2.45) is 5.92 Å². The van der Waals surface area contributed by atoms with Crippen LogP contribution in [0.15, 0.2) is 54.7 Å². The molecule has 0 aliphatic carbocycles. The van der Waals surface area contributed by atoms with E-state index in [4.69, 9.17) is 4.74 Å². The molecule has 3 amide bonds. The zero-order valence-electron chi connectivity index (χ0n) is 24.6. The van der Waals surface area contributed by atoms with Gasteiger partial charge in [0, 0.05) is 56.0 Å². The van der Waals surface area contributed by atoms with Crippen LogP contribution in [-0.2, 0) is 22.7 Å². The molecular weight excluding hydrogens is 549 g/mol. The second-order valence-electron chi connectivity index (χ2n) is 11.3. The first-order chi connectivity index (χ1) is 20.9. The zero-order valence-corrected chi connectivity index (χ0v) is 24.6. The molecule has 9 nitrogen and oxygen atoms in total. The van der Waals surface area contributed by atoms with E-state index in [-0.39, 0.29) is 30.1 Å². The summed E-state index contributed by atoms with van der Waals surface area (Å²) in [4.78, 5) is 43.2. The maximum absolute atomic E-state index is 15.1. The van der Waals surface area contributed by atoms with E-state index in [1.54, 1.807) is 24.3 Å². The summed E-state index contributed by atoms with van der Waals surface area (Å²) < 4.78 is 20.4. The van der Waals surface area contributed by atoms with E-state index in [2.05, 4.69) is 21.7 Å². The minimum Gasteiger partial charge on any atom is -0.497 e. The van der Waals surface area contributed by atoms with E-state index in [1.165, 1.54) is 0 Å². The molecular formula is C33H38FN5O4. The molecule has 1 saturated heterocycles. The van der Waals surface area contributed by atoms with Crippen molar-refractivity contribution in [3.8, 4) is 16.9 Å². The van der Waals surface area contributed by atoms with E-state index < -0.39 is 0 Å². The van der Waals surface area contributed by atoms with Gasteiger partial charge in [-0.3, -0.25) is 19.7 Å². The maximum atomic E-state index is 15.1. The number of benzene rings is 2. The summed E-state index contributed by atoms with van der Waals surface area (Å²) in [6, 6.07) is 14.9. The van der Waals surface area contributed by atoms with Crippen molar-refractivity contribution >= 4 is 24.0 Å². The van der Waals surface area contributed by atoms with Gasteiger partial charge in [0.15, 0.2) is 11.6 Å². The number of amides is 3. The first-order valence-corrected chi connectivity index (χ1v) is 14.8. The van der Waals surface area contributed by atoms with Crippen LogP contribution in [0.3, 0.4) is 0 Å². The van der Waals surface area contributed by atoms with Gasteiger partial charge in [-0.05, 0) is 79.6 Å². The van der Waals surface area contributed by atoms with E-state index in [0.717, 1.165) is 60.5 Å². The molecule has 3 aromatic rings. The van der Waals surface area contributed by atoms with Crippen molar-refractivity contribution in [2.75, 3.05) is 31.6 Å². The van der Waals surface area contributed by atoms with Crippen LogP contribution in [0.2, 0.25) is 0 Å². The van der Waals surface area contributed by atoms with Crippen molar-refractivity contribution < 1.29 is 23.5 Å². The molecule has 1 aromatic heterocycles. The second-order valence-corrected chi connectivity index (χ2v) is 11.3. The number of aromatic nitrogens is 1. The van der Waals surface area contributed by atoms with Gasteiger partial charge in [0.1, 0.15) is 5.75 Å². The smallest absolute Gasteiger partial charge is 0.254 e. The topological polar surface area (TPSA) is 104 Å². The molecule has 2 aliphatic heterocycles. The summed E-state index contributed by atoms with van der Waals surface area (Å²) in [5, 5.41) is 5.70. The normalized spacial score (nSPS) is 15.7. The first-order valence-electron chi connectivity index (χ1n) is 14.8. The number of hydrogen-bond acceptors (Lipinski definition) is 7. The van der Waals surface area contributed by atoms with Crippen LogP contribution in [0.25, 0.3) is 11.1 Å². The second kappa shape index (κ2) is 13.8. The average molecular weight is 588 g/mol. The predicted molar refractivity (Wildman–Crippen MR) is 162 cm³/mol. The van der Waals surface area contributed by atoms with Gasteiger partial charge in [-0.15, -0.1) is 0 Å². The Morgan fingerprint density at radius 2 is 1.98 bits per heavy atom. The van der Waals surface area contributed by atoms with Crippen LogP contribution in [0.1, 0.15) is 54.1 Å². The lowest BCUT2D eigenvalue weighted by atomic mass is 9.96. The summed E-state index contributed by atoms with van der Waals surface area (Å²) in [7, 11) is 1.61. The zero-order chi connectivity index (χ0) is 30.3. The Labute approximate surface area is 251 Å². The fourth-order valence-electron chi connectivity index (χ4n) is 5.89. The lowest BCUT2D eigenvalue weighted by molar-refractivity contribution is -0.125. The molecule has 10 heteroatoms. The van der Waals surface area contributed by atoms with Gasteiger partial charge in [0.05, 0.1) is 7.11 Å². The molecule has 2 aromatic carbocycles. The summed E-state index contributed by atoms with van der Waals surface area (Å²) in [6.07, 6.45) is 4.68. The van der Waals surface area contributed by atoms with E-state index in [9.17, 15) is 14.4 Å². The van der Waals surface area contributed by atoms with Gasteiger partial charge < -0.3 is 19.9 Å². The van der Waals surface area contributed by atoms with Gasteiger partial charge >= 0.3 is 0 Å². The summed E-state index contributed by atoms with van der Waals surface area (Å²) in [5.41, 5.74) is 4.40. The highest BCUT2D eigenvalue weighted by atomic mass is 19.1. The highest BCUT2D eigenvalue weighted by Gasteiger charge is 2.31. The third-order valence-electron chi connectivity index (χ3n) is 8.44. The molecule has 0 radical (unpaired) electrons. The van der Waals surface area contributed by atoms with E-state index >= 15 is 4.39 Å². The Kier molecular flexibility index (Phi) is 9.66. The van der Waals surface area contributed by atoms with Gasteiger partial charge in [-0.2, -0.15) is 0 Å². The molecule has 1 atom stereocenters. The fraction of sp³-hybridized carbons (Fsp3) is 0.394. The number of pyridine rings is 1. The van der Waals surface area contributed by atoms with Gasteiger partial charge in [-0.1, -0.05) is 24.3 Å². The quantitative estimate of drug-likeness (QED) is 0.305. The number of piperidine rings is 1. The molecule has 0 bridgehead atoms. The number of hydrogen-bond donors (Lipinski definition) is 2. The van der Waals surface area contributed by atoms with E-state index in [0.29, 0.717) is 43.2 Å². The number of ether oxygens (including phenoxy) is 1. The number of nitrogens with zero attached hydrogens (tertiary/aromatic N) is 3. The number of anilines is 1. The van der Waals surface area contributed by atoms with Gasteiger partial charge in [0.2, 0.25) is 12.3 Å². The average Bonchev–Trinajstić information content (AvgIpc) is 3.36. The van der Waals surface area contributed by atoms with E-state index in [1.807, 2.05) is 48.2 Å². The Bertz CT molecular complexity index is 1470. The SMILES string of the molecule is COc1cccc(-c2cnc(N3CCC(CNCc4ccc5c(c4)CN(C(C)CCC(=O)NC=O)C5=O)CC3)c(F)c2)c1. The number of nitrogens with one attached hydrogen (secondary N) is 2. The Hall–Kier alpha value is -4.31. The molecule has 5 rings (SSSR count). The van der Waals surface area contributed by atoms with Crippen LogP contribution in [0.5, 0.6) is 5.75 Å². The van der Waals surface area contributed by atoms with Crippen LogP contribution >= 0.6 is 0 Å². The summed E-state index contributed by atoms with van der Waals surface area (Å²) >= 11 is 0. The molecule has 3 heterocycles. The van der Waals surface area contributed by atoms with Gasteiger partial charge in [0.25, 0.3) is 5.91 Å². The minimum absolute atomic E-state index is 0.0228. The standard InChI is InChI=1S/C33H38FN5O4/c1-22(6-9-31(41)37-21-40)39-20-27-14-24(7-8-29(27)33(39)42)18-35-17-23-10-12-38(13-11-23)32-30(34)16-26(19-36-32)25-4-3-5-28(15-25)43-2/h3-5,7-8,14-16,19,21-23,35H,6,9-13,17-18,20H2,1-2H3,(H,37,40,41). The minimum atomic E-state index is -0.340. The molecule has 0 spiro atoms. The molecule has 2 N–H and O–H groups in total. The lowest BCUT2D eigenvalue weighted by Gasteiger charge is -2.33. The van der Waals surface area contributed by atoms with Crippen LogP contribution < -0.4 is 20.3 Å². The molecule has 226 valence electrons. The monoisotopic (exact) mass is 587 g/mol. The molecule has 1 unspecified atom stereocenters. The summed E-state index contributed by atoms with van der Waals surface area (Å²) in [5.74, 6) is 0.928. The first kappa shape index (κ1) is 30.2. The molecule has 1 fully saturated rings. The van der Waals surface area contributed by atoms with Crippen LogP contribution in [-0.4, -0.2) is 60.9 Å².